The Morgan fingerprint density at radius 2 is 1.89 bits per heavy atom. The van der Waals surface area contributed by atoms with E-state index in [2.05, 4.69) is 9.71 Å². The van der Waals surface area contributed by atoms with Crippen molar-refractivity contribution < 1.29 is 22.3 Å². The van der Waals surface area contributed by atoms with Crippen LogP contribution in [0.5, 0.6) is 11.5 Å². The van der Waals surface area contributed by atoms with E-state index in [0.717, 1.165) is 22.3 Å². The first kappa shape index (κ1) is 20.2. The summed E-state index contributed by atoms with van der Waals surface area (Å²) in [4.78, 5) is 4.44. The van der Waals surface area contributed by atoms with E-state index in [1.165, 1.54) is 29.5 Å². The third-order valence-electron chi connectivity index (χ3n) is 3.96. The number of thiazole rings is 1. The molecular weight excluding hydrogens is 403 g/mol. The van der Waals surface area contributed by atoms with Crippen molar-refractivity contribution in [3.63, 3.8) is 0 Å². The first-order valence-corrected chi connectivity index (χ1v) is 10.7. The van der Waals surface area contributed by atoms with Crippen molar-refractivity contribution in [1.82, 2.24) is 9.71 Å². The van der Waals surface area contributed by atoms with Crippen molar-refractivity contribution in [1.29, 1.82) is 0 Å². The maximum atomic E-state index is 13.2. The van der Waals surface area contributed by atoms with Crippen LogP contribution in [0.2, 0.25) is 0 Å². The molecule has 148 valence electrons. The summed E-state index contributed by atoms with van der Waals surface area (Å²) < 4.78 is 50.7. The van der Waals surface area contributed by atoms with E-state index in [0.29, 0.717) is 17.9 Å². The molecule has 9 heteroatoms. The van der Waals surface area contributed by atoms with Gasteiger partial charge in [-0.25, -0.2) is 22.5 Å². The number of benzene rings is 2. The van der Waals surface area contributed by atoms with Gasteiger partial charge in [0.25, 0.3) is 0 Å². The average molecular weight is 423 g/mol. The van der Waals surface area contributed by atoms with Crippen LogP contribution in [0, 0.1) is 5.82 Å². The Morgan fingerprint density at radius 1 is 1.11 bits per heavy atom. The number of nitrogens with zero attached hydrogens (tertiary/aromatic N) is 1. The molecule has 0 radical (unpaired) electrons. The fourth-order valence-corrected chi connectivity index (χ4v) is 4.47. The lowest BCUT2D eigenvalue weighted by Crippen LogP contribution is -2.26. The first-order valence-electron chi connectivity index (χ1n) is 8.35. The zero-order valence-electron chi connectivity index (χ0n) is 15.3. The predicted molar refractivity (Wildman–Crippen MR) is 106 cm³/mol. The van der Waals surface area contributed by atoms with Gasteiger partial charge in [0.05, 0.1) is 24.8 Å². The summed E-state index contributed by atoms with van der Waals surface area (Å²) in [5.41, 5.74) is 1.64. The quantitative estimate of drug-likeness (QED) is 0.601. The molecule has 1 aromatic heterocycles. The maximum Gasteiger partial charge on any atom is 0.240 e. The molecule has 0 aliphatic carbocycles. The molecular formula is C19H19FN2O4S2. The summed E-state index contributed by atoms with van der Waals surface area (Å²) in [6.07, 6.45) is 0.415. The third-order valence-corrected chi connectivity index (χ3v) is 6.36. The van der Waals surface area contributed by atoms with Gasteiger partial charge in [0.2, 0.25) is 10.0 Å². The lowest BCUT2D eigenvalue weighted by Gasteiger charge is -2.08. The molecule has 0 atom stereocenters. The van der Waals surface area contributed by atoms with Crippen LogP contribution in [0.25, 0.3) is 10.6 Å². The van der Waals surface area contributed by atoms with Gasteiger partial charge in [-0.1, -0.05) is 6.07 Å². The minimum absolute atomic E-state index is 0.100. The molecule has 0 spiro atoms. The minimum atomic E-state index is -3.76. The molecule has 0 saturated carbocycles. The summed E-state index contributed by atoms with van der Waals surface area (Å²) >= 11 is 1.46. The van der Waals surface area contributed by atoms with Crippen LogP contribution in [-0.4, -0.2) is 34.2 Å². The van der Waals surface area contributed by atoms with Crippen LogP contribution >= 0.6 is 11.3 Å². The van der Waals surface area contributed by atoms with E-state index >= 15 is 0 Å². The summed E-state index contributed by atoms with van der Waals surface area (Å²) in [7, 11) is -0.617. The van der Waals surface area contributed by atoms with E-state index in [9.17, 15) is 12.8 Å². The number of nitrogens with one attached hydrogen (secondary N) is 1. The number of rotatable bonds is 8. The number of hydrogen-bond acceptors (Lipinski definition) is 6. The number of ether oxygens (including phenoxy) is 2. The van der Waals surface area contributed by atoms with Gasteiger partial charge in [0.15, 0.2) is 11.5 Å². The zero-order chi connectivity index (χ0) is 20.1. The number of sulfonamides is 1. The van der Waals surface area contributed by atoms with Crippen molar-refractivity contribution in [2.75, 3.05) is 20.8 Å². The number of methoxy groups -OCH3 is 2. The fraction of sp³-hybridized carbons (Fsp3) is 0.211. The van der Waals surface area contributed by atoms with Crippen molar-refractivity contribution in [3.05, 3.63) is 59.4 Å². The van der Waals surface area contributed by atoms with Crippen LogP contribution < -0.4 is 14.2 Å². The van der Waals surface area contributed by atoms with Gasteiger partial charge < -0.3 is 9.47 Å². The van der Waals surface area contributed by atoms with E-state index in [-0.39, 0.29) is 11.4 Å². The lowest BCUT2D eigenvalue weighted by atomic mass is 10.2. The van der Waals surface area contributed by atoms with Crippen LogP contribution in [0.15, 0.2) is 52.7 Å². The molecule has 6 nitrogen and oxygen atoms in total. The van der Waals surface area contributed by atoms with Gasteiger partial charge in [0.1, 0.15) is 10.8 Å². The highest BCUT2D eigenvalue weighted by Gasteiger charge is 2.15. The molecule has 28 heavy (non-hydrogen) atoms. The largest absolute Gasteiger partial charge is 0.493 e. The topological polar surface area (TPSA) is 77.5 Å². The van der Waals surface area contributed by atoms with Gasteiger partial charge in [0, 0.05) is 23.9 Å². The Labute approximate surface area is 167 Å². The molecule has 3 rings (SSSR count). The van der Waals surface area contributed by atoms with Gasteiger partial charge >= 0.3 is 0 Å². The van der Waals surface area contributed by atoms with Gasteiger partial charge in [-0.05, 0) is 36.4 Å². The van der Waals surface area contributed by atoms with Gasteiger partial charge in [-0.3, -0.25) is 0 Å². The van der Waals surface area contributed by atoms with Crippen LogP contribution in [0.1, 0.15) is 5.69 Å². The number of aromatic nitrogens is 1. The van der Waals surface area contributed by atoms with Crippen LogP contribution in [-0.2, 0) is 16.4 Å². The fourth-order valence-electron chi connectivity index (χ4n) is 2.55. The van der Waals surface area contributed by atoms with Crippen molar-refractivity contribution in [2.45, 2.75) is 11.3 Å². The monoisotopic (exact) mass is 422 g/mol. The second-order valence-corrected chi connectivity index (χ2v) is 8.44. The second kappa shape index (κ2) is 8.68. The smallest absolute Gasteiger partial charge is 0.240 e. The molecule has 3 aromatic rings. The summed E-state index contributed by atoms with van der Waals surface area (Å²) in [6, 6.07) is 10.4. The average Bonchev–Trinajstić information content (AvgIpc) is 3.16. The Balaban J connectivity index is 1.65. The molecule has 1 N–H and O–H groups in total. The van der Waals surface area contributed by atoms with Gasteiger partial charge in [-0.2, -0.15) is 0 Å². The summed E-state index contributed by atoms with van der Waals surface area (Å²) in [6.45, 7) is 0.161. The van der Waals surface area contributed by atoms with E-state index in [1.807, 2.05) is 23.6 Å². The molecule has 0 unspecified atom stereocenters. The molecule has 0 bridgehead atoms. The Morgan fingerprint density at radius 3 is 2.61 bits per heavy atom. The standard InChI is InChI=1S/C19H19FN2O4S2/c1-25-17-7-6-13(10-18(17)26-2)19-22-15(12-27-19)8-9-21-28(23,24)16-5-3-4-14(20)11-16/h3-7,10-12,21H,8-9H2,1-2H3. The Kier molecular flexibility index (Phi) is 6.28. The molecule has 0 saturated heterocycles. The van der Waals surface area contributed by atoms with Crippen molar-refractivity contribution in [2.24, 2.45) is 0 Å². The molecule has 2 aromatic carbocycles. The highest BCUT2D eigenvalue weighted by molar-refractivity contribution is 7.89. The minimum Gasteiger partial charge on any atom is -0.493 e. The van der Waals surface area contributed by atoms with Gasteiger partial charge in [-0.15, -0.1) is 11.3 Å². The Bertz CT molecular complexity index is 1070. The maximum absolute atomic E-state index is 13.2. The number of hydrogen-bond donors (Lipinski definition) is 1. The molecule has 0 aliphatic rings. The molecule has 0 amide bonds. The second-order valence-electron chi connectivity index (χ2n) is 5.82. The van der Waals surface area contributed by atoms with Crippen molar-refractivity contribution >= 4 is 21.4 Å². The highest BCUT2D eigenvalue weighted by Crippen LogP contribution is 2.33. The summed E-state index contributed by atoms with van der Waals surface area (Å²) in [5, 5.41) is 2.67. The zero-order valence-corrected chi connectivity index (χ0v) is 16.9. The van der Waals surface area contributed by atoms with E-state index in [1.54, 1.807) is 14.2 Å². The predicted octanol–water partition coefficient (Wildman–Crippen LogP) is 3.49. The normalized spacial score (nSPS) is 11.4. The SMILES string of the molecule is COc1ccc(-c2nc(CCNS(=O)(=O)c3cccc(F)c3)cs2)cc1OC. The van der Waals surface area contributed by atoms with E-state index in [4.69, 9.17) is 9.47 Å². The number of halogens is 1. The van der Waals surface area contributed by atoms with E-state index < -0.39 is 15.8 Å². The van der Waals surface area contributed by atoms with Crippen LogP contribution in [0.4, 0.5) is 4.39 Å². The van der Waals surface area contributed by atoms with Crippen molar-refractivity contribution in [3.8, 4) is 22.1 Å². The highest BCUT2D eigenvalue weighted by atomic mass is 32.2. The molecule has 0 aliphatic heterocycles. The van der Waals surface area contributed by atoms with Crippen LogP contribution in [0.3, 0.4) is 0 Å². The summed E-state index contributed by atoms with van der Waals surface area (Å²) in [5.74, 6) is 0.649. The lowest BCUT2D eigenvalue weighted by molar-refractivity contribution is 0.355. The Hall–Kier alpha value is -2.49. The first-order chi connectivity index (χ1) is 13.4. The molecule has 1 heterocycles. The molecule has 0 fully saturated rings. The third kappa shape index (κ3) is 4.67.